The SMILES string of the molecule is O=C(Nc1ccn(Cc2ccc(Cl)cc2)n1)c1cnc2sccn2c1=O. The third-order valence-corrected chi connectivity index (χ3v) is 4.75. The van der Waals surface area contributed by atoms with E-state index in [1.54, 1.807) is 28.5 Å². The van der Waals surface area contributed by atoms with Crippen molar-refractivity contribution in [2.24, 2.45) is 0 Å². The van der Waals surface area contributed by atoms with Gasteiger partial charge in [0.05, 0.1) is 6.54 Å². The van der Waals surface area contributed by atoms with Crippen LogP contribution in [-0.2, 0) is 6.54 Å². The summed E-state index contributed by atoms with van der Waals surface area (Å²) in [4.78, 5) is 29.4. The van der Waals surface area contributed by atoms with Crippen molar-refractivity contribution in [3.05, 3.63) is 80.8 Å². The first-order valence-corrected chi connectivity index (χ1v) is 8.90. The Morgan fingerprint density at radius 2 is 2.00 bits per heavy atom. The Bertz CT molecular complexity index is 1150. The number of thiazole rings is 1. The number of carbonyl (C=O) groups excluding carboxylic acids is 1. The Morgan fingerprint density at radius 3 is 2.81 bits per heavy atom. The molecule has 0 saturated carbocycles. The predicted octanol–water partition coefficient (Wildman–Crippen LogP) is 2.91. The third kappa shape index (κ3) is 3.24. The summed E-state index contributed by atoms with van der Waals surface area (Å²) >= 11 is 7.20. The van der Waals surface area contributed by atoms with Crippen molar-refractivity contribution in [3.8, 4) is 0 Å². The molecule has 9 heteroatoms. The van der Waals surface area contributed by atoms with Crippen LogP contribution in [0.3, 0.4) is 0 Å². The summed E-state index contributed by atoms with van der Waals surface area (Å²) < 4.78 is 3.03. The maximum atomic E-state index is 12.4. The Morgan fingerprint density at radius 1 is 1.19 bits per heavy atom. The molecule has 3 aromatic heterocycles. The van der Waals surface area contributed by atoms with Gasteiger partial charge in [0, 0.05) is 35.1 Å². The van der Waals surface area contributed by atoms with Crippen molar-refractivity contribution in [3.63, 3.8) is 0 Å². The molecule has 7 nitrogen and oxygen atoms in total. The number of hydrogen-bond acceptors (Lipinski definition) is 5. The number of nitrogens with one attached hydrogen (secondary N) is 1. The quantitative estimate of drug-likeness (QED) is 0.585. The lowest BCUT2D eigenvalue weighted by molar-refractivity contribution is 0.102. The van der Waals surface area contributed by atoms with Gasteiger partial charge in [-0.1, -0.05) is 23.7 Å². The first-order valence-electron chi connectivity index (χ1n) is 7.64. The fourth-order valence-electron chi connectivity index (χ4n) is 2.46. The average Bonchev–Trinajstić information content (AvgIpc) is 3.27. The number of nitrogens with zero attached hydrogens (tertiary/aromatic N) is 4. The molecule has 0 bridgehead atoms. The Labute approximate surface area is 156 Å². The molecule has 3 heterocycles. The molecule has 26 heavy (non-hydrogen) atoms. The Hall–Kier alpha value is -2.97. The molecule has 0 aliphatic carbocycles. The van der Waals surface area contributed by atoms with Crippen molar-refractivity contribution < 1.29 is 4.79 Å². The van der Waals surface area contributed by atoms with E-state index in [-0.39, 0.29) is 5.56 Å². The van der Waals surface area contributed by atoms with Gasteiger partial charge in [0.25, 0.3) is 11.5 Å². The van der Waals surface area contributed by atoms with Crippen molar-refractivity contribution in [2.75, 3.05) is 5.32 Å². The number of anilines is 1. The highest BCUT2D eigenvalue weighted by Gasteiger charge is 2.15. The molecule has 0 radical (unpaired) electrons. The van der Waals surface area contributed by atoms with Crippen LogP contribution in [0, 0.1) is 0 Å². The minimum atomic E-state index is -0.542. The molecule has 1 amide bonds. The van der Waals surface area contributed by atoms with Crippen molar-refractivity contribution >= 4 is 39.6 Å². The smallest absolute Gasteiger partial charge is 0.271 e. The van der Waals surface area contributed by atoms with Crippen LogP contribution in [0.2, 0.25) is 5.02 Å². The predicted molar refractivity (Wildman–Crippen MR) is 100 cm³/mol. The van der Waals surface area contributed by atoms with Crippen molar-refractivity contribution in [1.82, 2.24) is 19.2 Å². The van der Waals surface area contributed by atoms with Gasteiger partial charge in [-0.15, -0.1) is 11.3 Å². The molecule has 130 valence electrons. The molecule has 0 aliphatic rings. The summed E-state index contributed by atoms with van der Waals surface area (Å²) in [6.45, 7) is 0.540. The van der Waals surface area contributed by atoms with Gasteiger partial charge in [-0.3, -0.25) is 18.7 Å². The molecular weight excluding hydrogens is 374 g/mol. The molecule has 1 aromatic carbocycles. The Kier molecular flexibility index (Phi) is 4.27. The standard InChI is InChI=1S/C17H12ClN5O2S/c18-12-3-1-11(2-4-12)10-22-6-5-14(21-22)20-15(24)13-9-19-17-23(16(13)25)7-8-26-17/h1-9H,10H2,(H,20,21,24). The van der Waals surface area contributed by atoms with Crippen molar-refractivity contribution in [1.29, 1.82) is 0 Å². The minimum Gasteiger partial charge on any atom is -0.305 e. The van der Waals surface area contributed by atoms with Crippen LogP contribution >= 0.6 is 22.9 Å². The highest BCUT2D eigenvalue weighted by atomic mass is 35.5. The van der Waals surface area contributed by atoms with E-state index in [2.05, 4.69) is 15.4 Å². The minimum absolute atomic E-state index is 0.0341. The number of fused-ring (bicyclic) bond motifs is 1. The van der Waals surface area contributed by atoms with E-state index in [1.165, 1.54) is 21.9 Å². The van der Waals surface area contributed by atoms with E-state index in [1.807, 2.05) is 24.3 Å². The summed E-state index contributed by atoms with van der Waals surface area (Å²) in [6, 6.07) is 9.10. The topological polar surface area (TPSA) is 81.3 Å². The highest BCUT2D eigenvalue weighted by Crippen LogP contribution is 2.12. The van der Waals surface area contributed by atoms with Crippen LogP contribution in [0.1, 0.15) is 15.9 Å². The van der Waals surface area contributed by atoms with Gasteiger partial charge in [-0.2, -0.15) is 5.10 Å². The van der Waals surface area contributed by atoms with Crippen LogP contribution < -0.4 is 10.9 Å². The molecule has 4 rings (SSSR count). The lowest BCUT2D eigenvalue weighted by atomic mass is 10.2. The molecule has 0 fully saturated rings. The van der Waals surface area contributed by atoms with Gasteiger partial charge < -0.3 is 5.32 Å². The zero-order valence-electron chi connectivity index (χ0n) is 13.3. The summed E-state index contributed by atoms with van der Waals surface area (Å²) in [5.41, 5.74) is 0.586. The maximum absolute atomic E-state index is 12.4. The second-order valence-corrected chi connectivity index (χ2v) is 6.82. The largest absolute Gasteiger partial charge is 0.305 e. The van der Waals surface area contributed by atoms with Crippen LogP contribution in [0.5, 0.6) is 0 Å². The zero-order chi connectivity index (χ0) is 18.1. The second kappa shape index (κ2) is 6.74. The number of hydrogen-bond donors (Lipinski definition) is 1. The van der Waals surface area contributed by atoms with Gasteiger partial charge in [0.1, 0.15) is 5.56 Å². The number of rotatable bonds is 4. The van der Waals surface area contributed by atoms with Crippen LogP contribution in [-0.4, -0.2) is 25.1 Å². The van der Waals surface area contributed by atoms with E-state index in [4.69, 9.17) is 11.6 Å². The van der Waals surface area contributed by atoms with Gasteiger partial charge in [0.15, 0.2) is 10.8 Å². The van der Waals surface area contributed by atoms with Gasteiger partial charge in [0.2, 0.25) is 0 Å². The van der Waals surface area contributed by atoms with Gasteiger partial charge in [-0.05, 0) is 17.7 Å². The lowest BCUT2D eigenvalue weighted by Crippen LogP contribution is -2.26. The molecule has 0 unspecified atom stereocenters. The average molecular weight is 386 g/mol. The van der Waals surface area contributed by atoms with Crippen LogP contribution in [0.25, 0.3) is 4.96 Å². The van der Waals surface area contributed by atoms with E-state index < -0.39 is 11.5 Å². The van der Waals surface area contributed by atoms with Gasteiger partial charge >= 0.3 is 0 Å². The number of aromatic nitrogens is 4. The number of halogens is 1. The van der Waals surface area contributed by atoms with Crippen molar-refractivity contribution in [2.45, 2.75) is 6.54 Å². The normalized spacial score (nSPS) is 11.0. The lowest BCUT2D eigenvalue weighted by Gasteiger charge is -2.03. The summed E-state index contributed by atoms with van der Waals surface area (Å²) in [5.74, 6) is -0.182. The monoisotopic (exact) mass is 385 g/mol. The molecule has 0 spiro atoms. The summed E-state index contributed by atoms with van der Waals surface area (Å²) in [5, 5.41) is 9.34. The zero-order valence-corrected chi connectivity index (χ0v) is 14.9. The fourth-order valence-corrected chi connectivity index (χ4v) is 3.26. The van der Waals surface area contributed by atoms with E-state index in [9.17, 15) is 9.59 Å². The first kappa shape index (κ1) is 16.5. The number of amides is 1. The maximum Gasteiger partial charge on any atom is 0.271 e. The molecule has 4 aromatic rings. The van der Waals surface area contributed by atoms with E-state index >= 15 is 0 Å². The molecule has 1 N–H and O–H groups in total. The van der Waals surface area contributed by atoms with Crippen LogP contribution in [0.4, 0.5) is 5.82 Å². The first-order chi connectivity index (χ1) is 12.6. The van der Waals surface area contributed by atoms with Crippen LogP contribution in [0.15, 0.2) is 59.1 Å². The highest BCUT2D eigenvalue weighted by molar-refractivity contribution is 7.15. The van der Waals surface area contributed by atoms with E-state index in [0.29, 0.717) is 22.3 Å². The number of carbonyl (C=O) groups is 1. The molecule has 0 saturated heterocycles. The second-order valence-electron chi connectivity index (χ2n) is 5.51. The number of benzene rings is 1. The Balaban J connectivity index is 1.51. The molecule has 0 aliphatic heterocycles. The molecule has 0 atom stereocenters. The summed E-state index contributed by atoms with van der Waals surface area (Å²) in [6.07, 6.45) is 4.62. The summed E-state index contributed by atoms with van der Waals surface area (Å²) in [7, 11) is 0. The fraction of sp³-hybridized carbons (Fsp3) is 0.0588. The van der Waals surface area contributed by atoms with E-state index in [0.717, 1.165) is 5.56 Å². The van der Waals surface area contributed by atoms with Gasteiger partial charge in [-0.25, -0.2) is 4.98 Å². The third-order valence-electron chi connectivity index (χ3n) is 3.73. The molecular formula is C17H12ClN5O2S.